The van der Waals surface area contributed by atoms with Crippen molar-refractivity contribution >= 4 is 16.9 Å². The van der Waals surface area contributed by atoms with Crippen molar-refractivity contribution in [3.8, 4) is 0 Å². The Morgan fingerprint density at radius 1 is 1.26 bits per heavy atom. The van der Waals surface area contributed by atoms with Crippen molar-refractivity contribution in [2.75, 3.05) is 0 Å². The molecule has 0 aliphatic heterocycles. The fourth-order valence-corrected chi connectivity index (χ4v) is 3.07. The molecular weight excluding hydrogens is 310 g/mol. The molecule has 1 fully saturated rings. The van der Waals surface area contributed by atoms with Crippen molar-refractivity contribution in [1.29, 1.82) is 0 Å². The largest absolute Gasteiger partial charge is 0.332 e. The van der Waals surface area contributed by atoms with E-state index in [1.807, 2.05) is 0 Å². The topological polar surface area (TPSA) is 78.9 Å². The highest BCUT2D eigenvalue weighted by atomic mass is 19.3. The summed E-state index contributed by atoms with van der Waals surface area (Å²) in [4.78, 5) is 39.8. The molecule has 2 aromatic rings. The summed E-state index contributed by atoms with van der Waals surface area (Å²) in [6.45, 7) is -2.71. The van der Waals surface area contributed by atoms with Crippen LogP contribution in [-0.2, 0) is 18.4 Å². The quantitative estimate of drug-likeness (QED) is 0.844. The minimum absolute atomic E-state index is 0.0488. The average molecular weight is 326 g/mol. The van der Waals surface area contributed by atoms with E-state index in [1.165, 1.54) is 7.05 Å². The molecule has 0 amide bonds. The summed E-state index contributed by atoms with van der Waals surface area (Å²) in [6, 6.07) is 0. The van der Waals surface area contributed by atoms with Gasteiger partial charge in [0.15, 0.2) is 11.2 Å². The highest BCUT2D eigenvalue weighted by Gasteiger charge is 2.23. The lowest BCUT2D eigenvalue weighted by molar-refractivity contribution is -0.121. The number of fused-ring (bicyclic) bond motifs is 1. The van der Waals surface area contributed by atoms with Crippen LogP contribution in [0.3, 0.4) is 0 Å². The van der Waals surface area contributed by atoms with Gasteiger partial charge in [-0.1, -0.05) is 0 Å². The lowest BCUT2D eigenvalue weighted by Gasteiger charge is -2.21. The Morgan fingerprint density at radius 2 is 1.91 bits per heavy atom. The monoisotopic (exact) mass is 326 g/mol. The van der Waals surface area contributed by atoms with Gasteiger partial charge in [0, 0.05) is 26.4 Å². The highest BCUT2D eigenvalue weighted by molar-refractivity contribution is 5.79. The van der Waals surface area contributed by atoms with Gasteiger partial charge in [0.2, 0.25) is 0 Å². The number of hydrogen-bond donors (Lipinski definition) is 0. The minimum atomic E-state index is -2.88. The zero-order valence-corrected chi connectivity index (χ0v) is 12.5. The number of Topliss-reactive ketones (excluding diaryl/α,β-unsaturated/α-hetero) is 1. The number of hydrogen-bond acceptors (Lipinski definition) is 4. The van der Waals surface area contributed by atoms with Gasteiger partial charge in [-0.05, 0) is 18.8 Å². The standard InChI is InChI=1S/C14H16F2N4O3/c1-18-11-10(17-7-20(11)13(15)16)12(22)19(14(18)23)6-8-2-4-9(21)5-3-8/h7-8,13H,2-6H2,1H3. The number of halogens is 2. The number of imidazole rings is 1. The Labute approximate surface area is 129 Å². The van der Waals surface area contributed by atoms with Gasteiger partial charge in [0.1, 0.15) is 12.1 Å². The van der Waals surface area contributed by atoms with Crippen molar-refractivity contribution in [3.05, 3.63) is 27.2 Å². The van der Waals surface area contributed by atoms with E-state index in [4.69, 9.17) is 0 Å². The molecule has 0 saturated heterocycles. The van der Waals surface area contributed by atoms with Crippen LogP contribution in [0.4, 0.5) is 8.78 Å². The van der Waals surface area contributed by atoms with Crippen LogP contribution in [0.25, 0.3) is 11.2 Å². The molecule has 1 aliphatic rings. The molecule has 0 N–H and O–H groups in total. The lowest BCUT2D eigenvalue weighted by Crippen LogP contribution is -2.41. The fourth-order valence-electron chi connectivity index (χ4n) is 3.07. The Balaban J connectivity index is 2.07. The third-order valence-electron chi connectivity index (χ3n) is 4.36. The first-order valence-corrected chi connectivity index (χ1v) is 7.36. The summed E-state index contributed by atoms with van der Waals surface area (Å²) in [5.41, 5.74) is -1.66. The predicted molar refractivity (Wildman–Crippen MR) is 77.5 cm³/mol. The van der Waals surface area contributed by atoms with Gasteiger partial charge >= 0.3 is 12.2 Å². The summed E-state index contributed by atoms with van der Waals surface area (Å²) >= 11 is 0. The van der Waals surface area contributed by atoms with Gasteiger partial charge in [0.25, 0.3) is 5.56 Å². The molecule has 23 heavy (non-hydrogen) atoms. The van der Waals surface area contributed by atoms with Crippen molar-refractivity contribution in [3.63, 3.8) is 0 Å². The van der Waals surface area contributed by atoms with Crippen LogP contribution in [0.5, 0.6) is 0 Å². The van der Waals surface area contributed by atoms with Crippen LogP contribution < -0.4 is 11.2 Å². The Hall–Kier alpha value is -2.32. The number of aryl methyl sites for hydroxylation is 1. The fraction of sp³-hybridized carbons (Fsp3) is 0.571. The molecule has 2 aromatic heterocycles. The highest BCUT2D eigenvalue weighted by Crippen LogP contribution is 2.22. The van der Waals surface area contributed by atoms with E-state index >= 15 is 0 Å². The van der Waals surface area contributed by atoms with E-state index < -0.39 is 17.8 Å². The van der Waals surface area contributed by atoms with Crippen molar-refractivity contribution in [2.24, 2.45) is 13.0 Å². The average Bonchev–Trinajstić information content (AvgIpc) is 2.96. The smallest absolute Gasteiger partial charge is 0.300 e. The maximum absolute atomic E-state index is 13.0. The van der Waals surface area contributed by atoms with E-state index in [0.29, 0.717) is 30.3 Å². The third kappa shape index (κ3) is 2.60. The zero-order chi connectivity index (χ0) is 16.7. The molecule has 0 atom stereocenters. The second kappa shape index (κ2) is 5.71. The summed E-state index contributed by atoms with van der Waals surface area (Å²) < 4.78 is 28.5. The van der Waals surface area contributed by atoms with Crippen molar-refractivity contribution in [2.45, 2.75) is 38.8 Å². The number of aromatic nitrogens is 4. The van der Waals surface area contributed by atoms with E-state index in [1.54, 1.807) is 0 Å². The third-order valence-corrected chi connectivity index (χ3v) is 4.36. The molecular formula is C14H16F2N4O3. The van der Waals surface area contributed by atoms with Crippen LogP contribution in [0, 0.1) is 5.92 Å². The summed E-state index contributed by atoms with van der Waals surface area (Å²) in [6.07, 6.45) is 3.00. The number of ketones is 1. The van der Waals surface area contributed by atoms with E-state index in [9.17, 15) is 23.2 Å². The molecule has 9 heteroatoms. The summed E-state index contributed by atoms with van der Waals surface area (Å²) in [7, 11) is 1.34. The maximum atomic E-state index is 13.0. The first-order chi connectivity index (χ1) is 10.9. The second-order valence-electron chi connectivity index (χ2n) is 5.84. The molecule has 0 unspecified atom stereocenters. The number of carbonyl (C=O) groups is 1. The van der Waals surface area contributed by atoms with Gasteiger partial charge in [-0.2, -0.15) is 8.78 Å². The van der Waals surface area contributed by atoms with Crippen LogP contribution in [-0.4, -0.2) is 24.5 Å². The van der Waals surface area contributed by atoms with Crippen LogP contribution >= 0.6 is 0 Å². The van der Waals surface area contributed by atoms with E-state index in [0.717, 1.165) is 15.5 Å². The zero-order valence-electron chi connectivity index (χ0n) is 12.5. The predicted octanol–water partition coefficient (Wildman–Crippen LogP) is 1.05. The molecule has 7 nitrogen and oxygen atoms in total. The lowest BCUT2D eigenvalue weighted by atomic mass is 9.88. The molecule has 124 valence electrons. The molecule has 0 bridgehead atoms. The summed E-state index contributed by atoms with van der Waals surface area (Å²) in [5.74, 6) is 0.236. The Kier molecular flexibility index (Phi) is 3.87. The van der Waals surface area contributed by atoms with E-state index in [-0.39, 0.29) is 29.4 Å². The minimum Gasteiger partial charge on any atom is -0.300 e. The van der Waals surface area contributed by atoms with Crippen molar-refractivity contribution < 1.29 is 13.6 Å². The first-order valence-electron chi connectivity index (χ1n) is 7.36. The second-order valence-corrected chi connectivity index (χ2v) is 5.84. The van der Waals surface area contributed by atoms with Gasteiger partial charge in [-0.25, -0.2) is 9.78 Å². The van der Waals surface area contributed by atoms with Gasteiger partial charge in [-0.3, -0.25) is 23.3 Å². The molecule has 0 radical (unpaired) electrons. The summed E-state index contributed by atoms with van der Waals surface area (Å²) in [5, 5.41) is 0. The van der Waals surface area contributed by atoms with Crippen LogP contribution in [0.2, 0.25) is 0 Å². The SMILES string of the molecule is Cn1c(=O)n(CC2CCC(=O)CC2)c(=O)c2ncn(C(F)F)c21. The number of carbonyl (C=O) groups excluding carboxylic acids is 1. The van der Waals surface area contributed by atoms with Crippen LogP contribution in [0.1, 0.15) is 32.2 Å². The maximum Gasteiger partial charge on any atom is 0.332 e. The normalized spacial score (nSPS) is 16.6. The molecule has 3 rings (SSSR count). The number of rotatable bonds is 3. The Bertz CT molecular complexity index is 871. The van der Waals surface area contributed by atoms with Gasteiger partial charge < -0.3 is 0 Å². The Morgan fingerprint density at radius 3 is 2.52 bits per heavy atom. The van der Waals surface area contributed by atoms with Gasteiger partial charge in [0.05, 0.1) is 0 Å². The first kappa shape index (κ1) is 15.6. The molecule has 0 spiro atoms. The van der Waals surface area contributed by atoms with Crippen molar-refractivity contribution in [1.82, 2.24) is 18.7 Å². The van der Waals surface area contributed by atoms with Gasteiger partial charge in [-0.15, -0.1) is 0 Å². The number of nitrogens with zero attached hydrogens (tertiary/aromatic N) is 4. The molecule has 1 saturated carbocycles. The molecule has 2 heterocycles. The molecule has 0 aromatic carbocycles. The molecule has 1 aliphatic carbocycles. The number of alkyl halides is 2. The van der Waals surface area contributed by atoms with Crippen LogP contribution in [0.15, 0.2) is 15.9 Å². The van der Waals surface area contributed by atoms with E-state index in [2.05, 4.69) is 4.98 Å².